The third kappa shape index (κ3) is 2.98. The van der Waals surface area contributed by atoms with Crippen LogP contribution in [0.1, 0.15) is 16.9 Å². The highest BCUT2D eigenvalue weighted by atomic mass is 32.2. The minimum atomic E-state index is 0.453. The van der Waals surface area contributed by atoms with E-state index in [9.17, 15) is 0 Å². The van der Waals surface area contributed by atoms with Crippen LogP contribution in [0, 0.1) is 18.3 Å². The molecule has 0 atom stereocenters. The smallest absolute Gasteiger partial charge is 0.277 e. The summed E-state index contributed by atoms with van der Waals surface area (Å²) in [5, 5.41) is 17.4. The van der Waals surface area contributed by atoms with Crippen LogP contribution in [0.3, 0.4) is 0 Å². The molecule has 1 aromatic carbocycles. The Morgan fingerprint density at radius 3 is 2.95 bits per heavy atom. The Labute approximate surface area is 125 Å². The van der Waals surface area contributed by atoms with Crippen LogP contribution in [0.2, 0.25) is 0 Å². The summed E-state index contributed by atoms with van der Waals surface area (Å²) in [6.07, 6.45) is 1.59. The maximum absolute atomic E-state index is 8.88. The van der Waals surface area contributed by atoms with Gasteiger partial charge in [0.15, 0.2) is 0 Å². The fourth-order valence-electron chi connectivity index (χ4n) is 1.86. The zero-order valence-electron chi connectivity index (χ0n) is 11.2. The fourth-order valence-corrected chi connectivity index (χ4v) is 2.57. The normalized spacial score (nSPS) is 10.5. The van der Waals surface area contributed by atoms with Crippen LogP contribution in [0.5, 0.6) is 0 Å². The molecule has 0 aliphatic heterocycles. The van der Waals surface area contributed by atoms with E-state index in [2.05, 4.69) is 16.3 Å². The first kappa shape index (κ1) is 13.5. The van der Waals surface area contributed by atoms with Crippen LogP contribution < -0.4 is 0 Å². The molecular weight excluding hydrogens is 286 g/mol. The van der Waals surface area contributed by atoms with E-state index in [1.54, 1.807) is 18.4 Å². The van der Waals surface area contributed by atoms with Crippen LogP contribution in [0.4, 0.5) is 0 Å². The molecule has 0 spiro atoms. The highest BCUT2D eigenvalue weighted by molar-refractivity contribution is 7.98. The van der Waals surface area contributed by atoms with Crippen molar-refractivity contribution < 1.29 is 8.83 Å². The van der Waals surface area contributed by atoms with E-state index in [1.165, 1.54) is 11.8 Å². The molecule has 0 unspecified atom stereocenters. The Balaban J connectivity index is 1.70. The van der Waals surface area contributed by atoms with E-state index < -0.39 is 0 Å². The van der Waals surface area contributed by atoms with Crippen molar-refractivity contribution in [2.24, 2.45) is 0 Å². The number of aromatic nitrogens is 2. The van der Waals surface area contributed by atoms with E-state index in [0.717, 1.165) is 16.9 Å². The quantitative estimate of drug-likeness (QED) is 0.682. The van der Waals surface area contributed by atoms with E-state index in [1.807, 2.05) is 25.1 Å². The highest BCUT2D eigenvalue weighted by Crippen LogP contribution is 2.27. The van der Waals surface area contributed by atoms with E-state index in [-0.39, 0.29) is 0 Å². The summed E-state index contributed by atoms with van der Waals surface area (Å²) in [6.45, 7) is 1.85. The number of benzene rings is 1. The SMILES string of the molecule is Cc1occc1-c1nnc(SCc2cccc(C#N)c2)o1. The third-order valence-corrected chi connectivity index (χ3v) is 3.80. The van der Waals surface area contributed by atoms with E-state index >= 15 is 0 Å². The van der Waals surface area contributed by atoms with Gasteiger partial charge in [0.2, 0.25) is 0 Å². The van der Waals surface area contributed by atoms with Gasteiger partial charge in [0.1, 0.15) is 5.76 Å². The summed E-state index contributed by atoms with van der Waals surface area (Å²) in [5.41, 5.74) is 2.49. The summed E-state index contributed by atoms with van der Waals surface area (Å²) in [4.78, 5) is 0. The van der Waals surface area contributed by atoms with E-state index in [0.29, 0.717) is 22.4 Å². The van der Waals surface area contributed by atoms with Gasteiger partial charge in [-0.3, -0.25) is 0 Å². The lowest BCUT2D eigenvalue weighted by Gasteiger charge is -1.98. The number of rotatable bonds is 4. The van der Waals surface area contributed by atoms with Crippen LogP contribution >= 0.6 is 11.8 Å². The maximum atomic E-state index is 8.88. The first-order chi connectivity index (χ1) is 10.3. The van der Waals surface area contributed by atoms with Gasteiger partial charge in [-0.15, -0.1) is 10.2 Å². The van der Waals surface area contributed by atoms with Gasteiger partial charge in [-0.05, 0) is 30.7 Å². The third-order valence-electron chi connectivity index (χ3n) is 2.91. The van der Waals surface area contributed by atoms with Crippen LogP contribution in [0.15, 0.2) is 50.7 Å². The molecule has 21 heavy (non-hydrogen) atoms. The molecule has 0 aliphatic rings. The van der Waals surface area contributed by atoms with Gasteiger partial charge in [0.25, 0.3) is 11.1 Å². The standard InChI is InChI=1S/C15H11N3O2S/c1-10-13(5-6-19-10)14-17-18-15(20-14)21-9-12-4-2-3-11(7-12)8-16/h2-7H,9H2,1H3. The first-order valence-corrected chi connectivity index (χ1v) is 7.24. The minimum Gasteiger partial charge on any atom is -0.469 e. The lowest BCUT2D eigenvalue weighted by molar-refractivity contribution is 0.463. The molecule has 0 saturated heterocycles. The number of hydrogen-bond acceptors (Lipinski definition) is 6. The van der Waals surface area contributed by atoms with Crippen molar-refractivity contribution in [2.75, 3.05) is 0 Å². The molecule has 3 rings (SSSR count). The number of aryl methyl sites for hydroxylation is 1. The Morgan fingerprint density at radius 1 is 1.29 bits per heavy atom. The molecule has 2 aromatic heterocycles. The average Bonchev–Trinajstić information content (AvgIpc) is 3.14. The van der Waals surface area contributed by atoms with E-state index in [4.69, 9.17) is 14.1 Å². The van der Waals surface area contributed by atoms with Gasteiger partial charge >= 0.3 is 0 Å². The lowest BCUT2D eigenvalue weighted by atomic mass is 10.2. The van der Waals surface area contributed by atoms with Crippen molar-refractivity contribution in [3.8, 4) is 17.5 Å². The van der Waals surface area contributed by atoms with Crippen LogP contribution in [-0.4, -0.2) is 10.2 Å². The second-order valence-corrected chi connectivity index (χ2v) is 5.29. The topological polar surface area (TPSA) is 75.8 Å². The molecule has 0 aliphatic carbocycles. The van der Waals surface area contributed by atoms with Crippen molar-refractivity contribution >= 4 is 11.8 Å². The molecule has 0 N–H and O–H groups in total. The highest BCUT2D eigenvalue weighted by Gasteiger charge is 2.13. The Hall–Kier alpha value is -2.52. The van der Waals surface area contributed by atoms with Crippen LogP contribution in [0.25, 0.3) is 11.5 Å². The Kier molecular flexibility index (Phi) is 3.75. The largest absolute Gasteiger partial charge is 0.469 e. The number of thioether (sulfide) groups is 1. The first-order valence-electron chi connectivity index (χ1n) is 6.26. The fraction of sp³-hybridized carbons (Fsp3) is 0.133. The maximum Gasteiger partial charge on any atom is 0.277 e. The molecule has 0 saturated carbocycles. The lowest BCUT2D eigenvalue weighted by Crippen LogP contribution is -1.82. The molecule has 104 valence electrons. The van der Waals surface area contributed by atoms with Crippen LogP contribution in [-0.2, 0) is 5.75 Å². The van der Waals surface area contributed by atoms with Gasteiger partial charge in [0, 0.05) is 5.75 Å². The summed E-state index contributed by atoms with van der Waals surface area (Å²) in [6, 6.07) is 11.4. The number of nitrogens with zero attached hydrogens (tertiary/aromatic N) is 3. The van der Waals surface area contributed by atoms with Crippen molar-refractivity contribution in [1.29, 1.82) is 5.26 Å². The molecule has 5 nitrogen and oxygen atoms in total. The number of hydrogen-bond donors (Lipinski definition) is 0. The van der Waals surface area contributed by atoms with Crippen molar-refractivity contribution in [3.63, 3.8) is 0 Å². The summed E-state index contributed by atoms with van der Waals surface area (Å²) in [5.74, 6) is 1.87. The van der Waals surface area contributed by atoms with Gasteiger partial charge in [-0.25, -0.2) is 0 Å². The number of nitriles is 1. The van der Waals surface area contributed by atoms with Crippen molar-refractivity contribution in [1.82, 2.24) is 10.2 Å². The summed E-state index contributed by atoms with van der Waals surface area (Å²) < 4.78 is 10.8. The molecule has 0 bridgehead atoms. The second kappa shape index (κ2) is 5.85. The number of furan rings is 1. The predicted molar refractivity (Wildman–Crippen MR) is 77.5 cm³/mol. The molecule has 0 fully saturated rings. The minimum absolute atomic E-state index is 0.453. The predicted octanol–water partition coefficient (Wildman–Crippen LogP) is 3.80. The van der Waals surface area contributed by atoms with Crippen molar-refractivity contribution in [3.05, 3.63) is 53.5 Å². The molecule has 2 heterocycles. The van der Waals surface area contributed by atoms with Gasteiger partial charge in [-0.1, -0.05) is 23.9 Å². The second-order valence-electron chi connectivity index (χ2n) is 4.36. The summed E-state index contributed by atoms with van der Waals surface area (Å²) >= 11 is 1.44. The monoisotopic (exact) mass is 297 g/mol. The Bertz CT molecular complexity index is 801. The molecule has 6 heteroatoms. The average molecular weight is 297 g/mol. The zero-order valence-corrected chi connectivity index (χ0v) is 12.1. The molecular formula is C15H11N3O2S. The molecule has 3 aromatic rings. The van der Waals surface area contributed by atoms with Gasteiger partial charge < -0.3 is 8.83 Å². The van der Waals surface area contributed by atoms with Crippen molar-refractivity contribution in [2.45, 2.75) is 17.9 Å². The molecule has 0 amide bonds. The van der Waals surface area contributed by atoms with Gasteiger partial charge in [-0.2, -0.15) is 5.26 Å². The molecule has 0 radical (unpaired) electrons. The Morgan fingerprint density at radius 2 is 2.19 bits per heavy atom. The van der Waals surface area contributed by atoms with Gasteiger partial charge in [0.05, 0.1) is 23.5 Å². The zero-order chi connectivity index (χ0) is 14.7. The summed E-state index contributed by atoms with van der Waals surface area (Å²) in [7, 11) is 0.